The highest BCUT2D eigenvalue weighted by Crippen LogP contribution is 2.35. The lowest BCUT2D eigenvalue weighted by molar-refractivity contribution is 0.415. The number of nitrogens with two attached hydrogens (primary N) is 1. The molecule has 0 fully saturated rings. The number of furan rings is 1. The van der Waals surface area contributed by atoms with E-state index in [0.717, 1.165) is 40.0 Å². The lowest BCUT2D eigenvalue weighted by Gasteiger charge is -2.02. The molecular weight excluding hydrogens is 250 g/mol. The molecule has 0 aliphatic heterocycles. The maximum Gasteiger partial charge on any atom is 0.138 e. The van der Waals surface area contributed by atoms with Crippen molar-refractivity contribution in [2.45, 2.75) is 6.42 Å². The summed E-state index contributed by atoms with van der Waals surface area (Å²) in [5, 5.41) is 1.08. The fourth-order valence-corrected chi connectivity index (χ4v) is 2.47. The van der Waals surface area contributed by atoms with Crippen LogP contribution < -0.4 is 10.5 Å². The molecule has 1 heterocycles. The molecule has 3 aromatic rings. The molecule has 2 aromatic carbocycles. The van der Waals surface area contributed by atoms with Gasteiger partial charge in [0, 0.05) is 16.5 Å². The summed E-state index contributed by atoms with van der Waals surface area (Å²) in [6, 6.07) is 16.0. The highest BCUT2D eigenvalue weighted by atomic mass is 16.5. The van der Waals surface area contributed by atoms with Gasteiger partial charge < -0.3 is 14.9 Å². The minimum Gasteiger partial charge on any atom is -0.497 e. The summed E-state index contributed by atoms with van der Waals surface area (Å²) in [5.74, 6) is 1.73. The van der Waals surface area contributed by atoms with Gasteiger partial charge in [-0.3, -0.25) is 0 Å². The summed E-state index contributed by atoms with van der Waals surface area (Å²) >= 11 is 0. The Hall–Kier alpha value is -2.26. The van der Waals surface area contributed by atoms with Crippen LogP contribution in [0.2, 0.25) is 0 Å². The molecule has 3 rings (SSSR count). The molecule has 3 nitrogen and oxygen atoms in total. The highest BCUT2D eigenvalue weighted by molar-refractivity contribution is 5.89. The summed E-state index contributed by atoms with van der Waals surface area (Å²) in [6.45, 7) is 0.589. The summed E-state index contributed by atoms with van der Waals surface area (Å²) in [7, 11) is 1.67. The quantitative estimate of drug-likeness (QED) is 0.785. The van der Waals surface area contributed by atoms with Crippen LogP contribution in [0.1, 0.15) is 5.56 Å². The minimum atomic E-state index is 0.589. The number of ether oxygens (including phenoxy) is 1. The van der Waals surface area contributed by atoms with Crippen molar-refractivity contribution < 1.29 is 9.15 Å². The Kier molecular flexibility index (Phi) is 3.44. The van der Waals surface area contributed by atoms with Crippen molar-refractivity contribution in [1.82, 2.24) is 0 Å². The van der Waals surface area contributed by atoms with E-state index in [0.29, 0.717) is 6.54 Å². The third-order valence-electron chi connectivity index (χ3n) is 3.43. The molecule has 0 saturated heterocycles. The van der Waals surface area contributed by atoms with Gasteiger partial charge in [0.25, 0.3) is 0 Å². The minimum absolute atomic E-state index is 0.589. The van der Waals surface area contributed by atoms with Gasteiger partial charge in [0.2, 0.25) is 0 Å². The molecule has 0 atom stereocenters. The average molecular weight is 267 g/mol. The van der Waals surface area contributed by atoms with Gasteiger partial charge in [-0.2, -0.15) is 0 Å². The lowest BCUT2D eigenvalue weighted by Crippen LogP contribution is -2.03. The molecule has 0 aliphatic carbocycles. The number of hydrogen-bond donors (Lipinski definition) is 1. The number of rotatable bonds is 4. The van der Waals surface area contributed by atoms with Gasteiger partial charge in [-0.1, -0.05) is 30.3 Å². The van der Waals surface area contributed by atoms with E-state index in [1.807, 2.05) is 36.4 Å². The van der Waals surface area contributed by atoms with Gasteiger partial charge in [-0.25, -0.2) is 0 Å². The van der Waals surface area contributed by atoms with Crippen molar-refractivity contribution in [3.05, 3.63) is 54.1 Å². The smallest absolute Gasteiger partial charge is 0.138 e. The first kappa shape index (κ1) is 12.8. The molecule has 0 amide bonds. The second-order valence-corrected chi connectivity index (χ2v) is 4.68. The van der Waals surface area contributed by atoms with E-state index in [9.17, 15) is 0 Å². The van der Waals surface area contributed by atoms with Crippen LogP contribution in [-0.4, -0.2) is 13.7 Å². The van der Waals surface area contributed by atoms with Gasteiger partial charge in [-0.05, 0) is 31.2 Å². The monoisotopic (exact) mass is 267 g/mol. The van der Waals surface area contributed by atoms with Crippen molar-refractivity contribution in [3.63, 3.8) is 0 Å². The van der Waals surface area contributed by atoms with Crippen LogP contribution in [0, 0.1) is 0 Å². The Balaban J connectivity index is 2.23. The molecule has 20 heavy (non-hydrogen) atoms. The number of methoxy groups -OCH3 is 1. The largest absolute Gasteiger partial charge is 0.497 e. The Morgan fingerprint density at radius 2 is 1.90 bits per heavy atom. The van der Waals surface area contributed by atoms with Crippen LogP contribution in [0.25, 0.3) is 22.3 Å². The van der Waals surface area contributed by atoms with Crippen LogP contribution in [-0.2, 0) is 6.42 Å². The zero-order valence-electron chi connectivity index (χ0n) is 11.4. The standard InChI is InChI=1S/C17H17NO2/c1-19-13-7-8-16-15(11-13)14(9-10-18)17(20-16)12-5-3-2-4-6-12/h2-8,11H,9-10,18H2,1H3. The van der Waals surface area contributed by atoms with E-state index in [2.05, 4.69) is 12.1 Å². The molecule has 0 radical (unpaired) electrons. The maximum atomic E-state index is 6.03. The van der Waals surface area contributed by atoms with Crippen molar-refractivity contribution >= 4 is 11.0 Å². The second kappa shape index (κ2) is 5.39. The zero-order chi connectivity index (χ0) is 13.9. The fourth-order valence-electron chi connectivity index (χ4n) is 2.47. The molecule has 2 N–H and O–H groups in total. The van der Waals surface area contributed by atoms with Crippen molar-refractivity contribution in [2.75, 3.05) is 13.7 Å². The Morgan fingerprint density at radius 3 is 2.60 bits per heavy atom. The third kappa shape index (κ3) is 2.17. The summed E-state index contributed by atoms with van der Waals surface area (Å²) in [5.41, 5.74) is 8.85. The van der Waals surface area contributed by atoms with Crippen molar-refractivity contribution in [1.29, 1.82) is 0 Å². The number of hydrogen-bond acceptors (Lipinski definition) is 3. The molecule has 3 heteroatoms. The molecule has 102 valence electrons. The maximum absolute atomic E-state index is 6.03. The third-order valence-corrected chi connectivity index (χ3v) is 3.43. The summed E-state index contributed by atoms with van der Waals surface area (Å²) in [6.07, 6.45) is 0.782. The van der Waals surface area contributed by atoms with Gasteiger partial charge in [0.15, 0.2) is 0 Å². The first-order chi connectivity index (χ1) is 9.83. The topological polar surface area (TPSA) is 48.4 Å². The Bertz CT molecular complexity index is 716. The second-order valence-electron chi connectivity index (χ2n) is 4.68. The highest BCUT2D eigenvalue weighted by Gasteiger charge is 2.15. The predicted molar refractivity (Wildman–Crippen MR) is 81.0 cm³/mol. The molecule has 1 aromatic heterocycles. The zero-order valence-corrected chi connectivity index (χ0v) is 11.4. The summed E-state index contributed by atoms with van der Waals surface area (Å²) in [4.78, 5) is 0. The van der Waals surface area contributed by atoms with E-state index in [-0.39, 0.29) is 0 Å². The molecule has 0 spiro atoms. The molecule has 0 unspecified atom stereocenters. The first-order valence-electron chi connectivity index (χ1n) is 6.68. The van der Waals surface area contributed by atoms with Gasteiger partial charge in [0.05, 0.1) is 7.11 Å². The Morgan fingerprint density at radius 1 is 1.10 bits per heavy atom. The van der Waals surface area contributed by atoms with E-state index in [1.165, 1.54) is 0 Å². The van der Waals surface area contributed by atoms with Crippen LogP contribution in [0.3, 0.4) is 0 Å². The van der Waals surface area contributed by atoms with E-state index in [1.54, 1.807) is 7.11 Å². The molecular formula is C17H17NO2. The SMILES string of the molecule is COc1ccc2oc(-c3ccccc3)c(CCN)c2c1. The van der Waals surface area contributed by atoms with Crippen LogP contribution in [0.5, 0.6) is 5.75 Å². The van der Waals surface area contributed by atoms with E-state index in [4.69, 9.17) is 14.9 Å². The van der Waals surface area contributed by atoms with Gasteiger partial charge in [-0.15, -0.1) is 0 Å². The van der Waals surface area contributed by atoms with E-state index < -0.39 is 0 Å². The van der Waals surface area contributed by atoms with Crippen LogP contribution in [0.15, 0.2) is 52.9 Å². The number of benzene rings is 2. The first-order valence-corrected chi connectivity index (χ1v) is 6.68. The molecule has 0 bridgehead atoms. The predicted octanol–water partition coefficient (Wildman–Crippen LogP) is 3.61. The van der Waals surface area contributed by atoms with Gasteiger partial charge in [0.1, 0.15) is 17.1 Å². The average Bonchev–Trinajstić information content (AvgIpc) is 2.86. The molecule has 0 saturated carbocycles. The van der Waals surface area contributed by atoms with Crippen LogP contribution in [0.4, 0.5) is 0 Å². The van der Waals surface area contributed by atoms with Crippen molar-refractivity contribution in [3.8, 4) is 17.1 Å². The van der Waals surface area contributed by atoms with E-state index >= 15 is 0 Å². The normalized spacial score (nSPS) is 10.9. The number of fused-ring (bicyclic) bond motifs is 1. The lowest BCUT2D eigenvalue weighted by atomic mass is 10.0. The summed E-state index contributed by atoms with van der Waals surface area (Å²) < 4.78 is 11.3. The fraction of sp³-hybridized carbons (Fsp3) is 0.176. The van der Waals surface area contributed by atoms with Crippen LogP contribution >= 0.6 is 0 Å². The van der Waals surface area contributed by atoms with Gasteiger partial charge >= 0.3 is 0 Å². The van der Waals surface area contributed by atoms with Crippen molar-refractivity contribution in [2.24, 2.45) is 5.73 Å². The molecule has 0 aliphatic rings. The Labute approximate surface area is 118 Å².